The van der Waals surface area contributed by atoms with Crippen molar-refractivity contribution in [1.29, 1.82) is 0 Å². The molecule has 0 saturated carbocycles. The Bertz CT molecular complexity index is 774. The van der Waals surface area contributed by atoms with E-state index >= 15 is 0 Å². The summed E-state index contributed by atoms with van der Waals surface area (Å²) in [6.07, 6.45) is 4.14. The van der Waals surface area contributed by atoms with Crippen LogP contribution in [0.5, 0.6) is 11.5 Å². The first kappa shape index (κ1) is 17.2. The number of nitrogens with zero attached hydrogens (tertiary/aromatic N) is 3. The Labute approximate surface area is 154 Å². The Morgan fingerprint density at radius 2 is 2.19 bits per heavy atom. The van der Waals surface area contributed by atoms with Crippen LogP contribution in [0.15, 0.2) is 24.4 Å². The third-order valence-electron chi connectivity index (χ3n) is 5.34. The van der Waals surface area contributed by atoms with Crippen LogP contribution in [0.4, 0.5) is 0 Å². The van der Waals surface area contributed by atoms with Gasteiger partial charge in [0.25, 0.3) is 0 Å². The number of ether oxygens (including phenoxy) is 2. The van der Waals surface area contributed by atoms with Crippen molar-refractivity contribution in [3.05, 3.63) is 47.0 Å². The Balaban J connectivity index is 1.48. The molecule has 1 saturated heterocycles. The second-order valence-electron chi connectivity index (χ2n) is 7.03. The van der Waals surface area contributed by atoms with E-state index in [0.717, 1.165) is 68.5 Å². The van der Waals surface area contributed by atoms with Gasteiger partial charge in [0.05, 0.1) is 14.2 Å². The number of fused-ring (bicyclic) bond motifs is 1. The maximum absolute atomic E-state index is 5.52. The summed E-state index contributed by atoms with van der Waals surface area (Å²) in [4.78, 5) is 11.9. The summed E-state index contributed by atoms with van der Waals surface area (Å²) < 4.78 is 10.9. The first-order chi connectivity index (χ1) is 12.8. The zero-order valence-corrected chi connectivity index (χ0v) is 15.5. The summed E-state index contributed by atoms with van der Waals surface area (Å²) in [6, 6.07) is 5.96. The van der Waals surface area contributed by atoms with Gasteiger partial charge in [-0.15, -0.1) is 0 Å². The third-order valence-corrected chi connectivity index (χ3v) is 5.34. The first-order valence-electron chi connectivity index (χ1n) is 9.25. The van der Waals surface area contributed by atoms with E-state index in [0.29, 0.717) is 5.92 Å². The average molecular weight is 354 g/mol. The highest BCUT2D eigenvalue weighted by atomic mass is 16.5. The van der Waals surface area contributed by atoms with E-state index < -0.39 is 0 Å². The predicted molar refractivity (Wildman–Crippen MR) is 99.6 cm³/mol. The largest absolute Gasteiger partial charge is 0.497 e. The molecule has 0 bridgehead atoms. The van der Waals surface area contributed by atoms with Crippen LogP contribution < -0.4 is 14.8 Å². The zero-order chi connectivity index (χ0) is 17.9. The van der Waals surface area contributed by atoms with Gasteiger partial charge in [0.1, 0.15) is 17.3 Å². The fraction of sp³-hybridized carbons (Fsp3) is 0.500. The Hall–Kier alpha value is -2.18. The van der Waals surface area contributed by atoms with Crippen LogP contribution in [0.1, 0.15) is 35.0 Å². The van der Waals surface area contributed by atoms with Crippen molar-refractivity contribution in [3.8, 4) is 11.5 Å². The quantitative estimate of drug-likeness (QED) is 0.888. The number of hydrogen-bond donors (Lipinski definition) is 1. The summed E-state index contributed by atoms with van der Waals surface area (Å²) in [5.41, 5.74) is 3.61. The van der Waals surface area contributed by atoms with Gasteiger partial charge < -0.3 is 14.8 Å². The van der Waals surface area contributed by atoms with Gasteiger partial charge in [-0.1, -0.05) is 0 Å². The maximum Gasteiger partial charge on any atom is 0.132 e. The van der Waals surface area contributed by atoms with E-state index in [2.05, 4.69) is 21.3 Å². The molecule has 0 radical (unpaired) electrons. The first-order valence-corrected chi connectivity index (χ1v) is 9.25. The van der Waals surface area contributed by atoms with E-state index in [-0.39, 0.29) is 0 Å². The molecule has 1 atom stereocenters. The van der Waals surface area contributed by atoms with Crippen LogP contribution in [0.3, 0.4) is 0 Å². The molecule has 1 aromatic carbocycles. The van der Waals surface area contributed by atoms with E-state index in [1.54, 1.807) is 14.2 Å². The molecule has 2 aliphatic rings. The van der Waals surface area contributed by atoms with Gasteiger partial charge in [0.2, 0.25) is 0 Å². The molecule has 138 valence electrons. The lowest BCUT2D eigenvalue weighted by Gasteiger charge is -2.29. The van der Waals surface area contributed by atoms with E-state index in [9.17, 15) is 0 Å². The van der Waals surface area contributed by atoms with Crippen LogP contribution in [0.2, 0.25) is 0 Å². The van der Waals surface area contributed by atoms with Crippen LogP contribution in [-0.4, -0.2) is 48.7 Å². The topological polar surface area (TPSA) is 59.5 Å². The Morgan fingerprint density at radius 1 is 1.27 bits per heavy atom. The maximum atomic E-state index is 5.52. The molecule has 1 fully saturated rings. The van der Waals surface area contributed by atoms with Crippen molar-refractivity contribution in [1.82, 2.24) is 20.2 Å². The van der Waals surface area contributed by atoms with Crippen molar-refractivity contribution in [2.45, 2.75) is 31.8 Å². The number of methoxy groups -OCH3 is 2. The number of rotatable bonds is 5. The van der Waals surface area contributed by atoms with Gasteiger partial charge in [-0.05, 0) is 31.2 Å². The molecule has 26 heavy (non-hydrogen) atoms. The van der Waals surface area contributed by atoms with Gasteiger partial charge in [-0.2, -0.15) is 0 Å². The second-order valence-corrected chi connectivity index (χ2v) is 7.03. The van der Waals surface area contributed by atoms with Gasteiger partial charge in [0.15, 0.2) is 0 Å². The number of hydrogen-bond acceptors (Lipinski definition) is 6. The van der Waals surface area contributed by atoms with Crippen molar-refractivity contribution >= 4 is 0 Å². The molecular formula is C20H26N4O2. The van der Waals surface area contributed by atoms with E-state index in [1.165, 1.54) is 11.3 Å². The number of aromatic nitrogens is 2. The Kier molecular flexibility index (Phi) is 5.04. The van der Waals surface area contributed by atoms with Crippen LogP contribution in [-0.2, 0) is 19.5 Å². The molecular weight excluding hydrogens is 328 g/mol. The van der Waals surface area contributed by atoms with Crippen LogP contribution >= 0.6 is 0 Å². The molecule has 6 heteroatoms. The molecule has 4 rings (SSSR count). The lowest BCUT2D eigenvalue weighted by Crippen LogP contribution is -2.31. The molecule has 0 unspecified atom stereocenters. The zero-order valence-electron chi connectivity index (χ0n) is 15.5. The average Bonchev–Trinajstić information content (AvgIpc) is 3.22. The minimum Gasteiger partial charge on any atom is -0.497 e. The van der Waals surface area contributed by atoms with Crippen molar-refractivity contribution in [2.75, 3.05) is 33.9 Å². The minimum atomic E-state index is 0.472. The lowest BCUT2D eigenvalue weighted by molar-refractivity contribution is 0.238. The molecule has 2 aromatic rings. The molecule has 1 aromatic heterocycles. The summed E-state index contributed by atoms with van der Waals surface area (Å²) in [7, 11) is 3.40. The minimum absolute atomic E-state index is 0.472. The summed E-state index contributed by atoms with van der Waals surface area (Å²) >= 11 is 0. The highest BCUT2D eigenvalue weighted by Crippen LogP contribution is 2.28. The lowest BCUT2D eigenvalue weighted by atomic mass is 10.0. The van der Waals surface area contributed by atoms with Crippen molar-refractivity contribution < 1.29 is 9.47 Å². The summed E-state index contributed by atoms with van der Waals surface area (Å²) in [5, 5.41) is 3.40. The fourth-order valence-corrected chi connectivity index (χ4v) is 3.84. The van der Waals surface area contributed by atoms with E-state index in [4.69, 9.17) is 14.5 Å². The molecule has 0 aliphatic carbocycles. The van der Waals surface area contributed by atoms with Crippen LogP contribution in [0.25, 0.3) is 0 Å². The summed E-state index contributed by atoms with van der Waals surface area (Å²) in [5.74, 6) is 3.24. The van der Waals surface area contributed by atoms with Gasteiger partial charge in [-0.25, -0.2) is 9.97 Å². The standard InChI is InChI=1S/C20H26N4O2/c1-25-17-3-4-19(26-2)15(9-17)12-24-8-6-18-16(13-24)11-22-20(23-18)14-5-7-21-10-14/h3-4,9,11,14,21H,5-8,10,12-13H2,1-2H3/t14-/m0/s1. The highest BCUT2D eigenvalue weighted by Gasteiger charge is 2.23. The number of benzene rings is 1. The predicted octanol–water partition coefficient (Wildman–Crippen LogP) is 2.13. The molecule has 6 nitrogen and oxygen atoms in total. The second kappa shape index (κ2) is 7.60. The number of nitrogens with one attached hydrogen (secondary N) is 1. The molecule has 2 aliphatic heterocycles. The van der Waals surface area contributed by atoms with Gasteiger partial charge in [-0.3, -0.25) is 4.90 Å². The Morgan fingerprint density at radius 3 is 2.96 bits per heavy atom. The molecule has 1 N–H and O–H groups in total. The SMILES string of the molecule is COc1ccc(OC)c(CN2CCc3nc([C@H]4CCNC4)ncc3C2)c1. The molecule has 3 heterocycles. The third kappa shape index (κ3) is 3.52. The summed E-state index contributed by atoms with van der Waals surface area (Å²) in [6.45, 7) is 4.77. The normalized spacial score (nSPS) is 20.0. The van der Waals surface area contributed by atoms with Crippen molar-refractivity contribution in [3.63, 3.8) is 0 Å². The smallest absolute Gasteiger partial charge is 0.132 e. The van der Waals surface area contributed by atoms with Crippen LogP contribution in [0, 0.1) is 0 Å². The van der Waals surface area contributed by atoms with Gasteiger partial charge in [0, 0.05) is 61.5 Å². The monoisotopic (exact) mass is 354 g/mol. The fourth-order valence-electron chi connectivity index (χ4n) is 3.84. The highest BCUT2D eigenvalue weighted by molar-refractivity contribution is 5.40. The molecule has 0 amide bonds. The molecule has 0 spiro atoms. The van der Waals surface area contributed by atoms with E-state index in [1.807, 2.05) is 18.3 Å². The van der Waals surface area contributed by atoms with Gasteiger partial charge >= 0.3 is 0 Å². The van der Waals surface area contributed by atoms with Crippen molar-refractivity contribution in [2.24, 2.45) is 0 Å².